The van der Waals surface area contributed by atoms with E-state index in [1.165, 1.54) is 35.1 Å². The van der Waals surface area contributed by atoms with Gasteiger partial charge in [0.1, 0.15) is 22.7 Å². The van der Waals surface area contributed by atoms with Crippen molar-refractivity contribution in [1.29, 1.82) is 0 Å². The number of benzene rings is 2. The molecule has 2 aromatic rings. The minimum atomic E-state index is -0.460. The van der Waals surface area contributed by atoms with Gasteiger partial charge in [0.25, 0.3) is 0 Å². The second-order valence-corrected chi connectivity index (χ2v) is 14.4. The Kier molecular flexibility index (Phi) is 10.8. The maximum absolute atomic E-state index is 6.96. The minimum absolute atomic E-state index is 0.164. The van der Waals surface area contributed by atoms with Crippen LogP contribution >= 0.6 is 0 Å². The normalized spacial score (nSPS) is 21.7. The highest BCUT2D eigenvalue weighted by atomic mass is 16.5. The molecule has 2 unspecified atom stereocenters. The van der Waals surface area contributed by atoms with Crippen LogP contribution in [0.2, 0.25) is 0 Å². The van der Waals surface area contributed by atoms with E-state index in [0.29, 0.717) is 11.8 Å². The lowest BCUT2D eigenvalue weighted by atomic mass is 9.89. The molecule has 1 aliphatic carbocycles. The van der Waals surface area contributed by atoms with E-state index >= 15 is 0 Å². The van der Waals surface area contributed by atoms with Crippen molar-refractivity contribution in [2.24, 2.45) is 9.98 Å². The van der Waals surface area contributed by atoms with Crippen LogP contribution in [-0.4, -0.2) is 35.7 Å². The molecule has 0 N–H and O–H groups in total. The third kappa shape index (κ3) is 8.11. The summed E-state index contributed by atoms with van der Waals surface area (Å²) >= 11 is 0. The van der Waals surface area contributed by atoms with Crippen molar-refractivity contribution in [1.82, 2.24) is 0 Å². The van der Waals surface area contributed by atoms with Gasteiger partial charge >= 0.3 is 0 Å². The molecule has 4 rings (SSSR count). The summed E-state index contributed by atoms with van der Waals surface area (Å²) in [6.45, 7) is 22.3. The van der Waals surface area contributed by atoms with E-state index in [-0.39, 0.29) is 12.1 Å². The van der Waals surface area contributed by atoms with Crippen LogP contribution in [0.3, 0.4) is 0 Å². The van der Waals surface area contributed by atoms with E-state index < -0.39 is 11.2 Å². The lowest BCUT2D eigenvalue weighted by Crippen LogP contribution is -2.41. The fourth-order valence-corrected chi connectivity index (χ4v) is 7.56. The van der Waals surface area contributed by atoms with Gasteiger partial charge in [-0.1, -0.05) is 52.7 Å². The molecule has 0 amide bonds. The molecule has 2 aromatic carbocycles. The number of ether oxygens (including phenoxy) is 2. The number of fused-ring (bicyclic) bond motifs is 3. The van der Waals surface area contributed by atoms with Gasteiger partial charge in [-0.15, -0.1) is 0 Å². The molecule has 2 atom stereocenters. The van der Waals surface area contributed by atoms with E-state index in [1.807, 2.05) is 0 Å². The molecular weight excluding hydrogens is 528 g/mol. The quantitative estimate of drug-likeness (QED) is 0.338. The molecule has 0 radical (unpaired) electrons. The predicted octanol–water partition coefficient (Wildman–Crippen LogP) is 10.7. The summed E-state index contributed by atoms with van der Waals surface area (Å²) in [4.78, 5) is 10.5. The molecule has 1 saturated carbocycles. The van der Waals surface area contributed by atoms with Gasteiger partial charge < -0.3 is 9.47 Å². The predicted molar refractivity (Wildman–Crippen MR) is 184 cm³/mol. The molecule has 0 saturated heterocycles. The van der Waals surface area contributed by atoms with Crippen LogP contribution in [0.4, 0.5) is 0 Å². The van der Waals surface area contributed by atoms with Crippen LogP contribution < -0.4 is 9.47 Å². The molecule has 0 aromatic heterocycles. The van der Waals surface area contributed by atoms with Gasteiger partial charge in [0, 0.05) is 30.0 Å². The van der Waals surface area contributed by atoms with E-state index in [0.717, 1.165) is 67.6 Å². The molecule has 1 aliphatic heterocycles. The van der Waals surface area contributed by atoms with E-state index in [4.69, 9.17) is 19.5 Å². The smallest absolute Gasteiger partial charge is 0.131 e. The van der Waals surface area contributed by atoms with Crippen LogP contribution in [0.15, 0.2) is 34.3 Å². The first kappa shape index (κ1) is 33.3. The Morgan fingerprint density at radius 3 is 1.37 bits per heavy atom. The molecule has 2 aliphatic rings. The zero-order valence-corrected chi connectivity index (χ0v) is 28.8. The van der Waals surface area contributed by atoms with Crippen LogP contribution in [0.25, 0.3) is 0 Å². The average Bonchev–Trinajstić information content (AvgIpc) is 2.94. The molecule has 0 spiro atoms. The lowest BCUT2D eigenvalue weighted by Gasteiger charge is -2.37. The van der Waals surface area contributed by atoms with Crippen LogP contribution in [0.5, 0.6) is 11.5 Å². The SMILES string of the molecule is CCC(CC)c1cc(C)c2c(c1)C=NC1CCCCC1N=Cc1cc(C(CC)CC)cc(C)c1OC(C)(C)CC(C)(C)O2. The molecule has 0 bridgehead atoms. The van der Waals surface area contributed by atoms with Crippen LogP contribution in [0, 0.1) is 13.8 Å². The lowest BCUT2D eigenvalue weighted by molar-refractivity contribution is 0.00417. The number of hydrogen-bond acceptors (Lipinski definition) is 4. The Labute approximate surface area is 262 Å². The van der Waals surface area contributed by atoms with Crippen molar-refractivity contribution in [3.05, 3.63) is 57.6 Å². The Morgan fingerprint density at radius 2 is 1.02 bits per heavy atom. The summed E-state index contributed by atoms with van der Waals surface area (Å²) in [5, 5.41) is 0. The number of nitrogens with zero attached hydrogens (tertiary/aromatic N) is 2. The molecule has 1 fully saturated rings. The Hall–Kier alpha value is -2.62. The van der Waals surface area contributed by atoms with Crippen molar-refractivity contribution < 1.29 is 9.47 Å². The average molecular weight is 587 g/mol. The Morgan fingerprint density at radius 1 is 0.651 bits per heavy atom. The molecule has 4 nitrogen and oxygen atoms in total. The maximum Gasteiger partial charge on any atom is 0.131 e. The number of aliphatic imine (C=N–C) groups is 2. The number of aryl methyl sites for hydroxylation is 2. The first-order chi connectivity index (χ1) is 20.4. The van der Waals surface area contributed by atoms with Crippen molar-refractivity contribution in [2.45, 2.75) is 162 Å². The highest BCUT2D eigenvalue weighted by molar-refractivity contribution is 5.86. The van der Waals surface area contributed by atoms with Crippen LogP contribution in [0.1, 0.15) is 158 Å². The van der Waals surface area contributed by atoms with Crippen LogP contribution in [-0.2, 0) is 0 Å². The fraction of sp³-hybridized carbons (Fsp3) is 0.641. The Bertz CT molecular complexity index is 1200. The summed E-state index contributed by atoms with van der Waals surface area (Å²) in [6, 6.07) is 9.66. The highest BCUT2D eigenvalue weighted by Crippen LogP contribution is 2.39. The first-order valence-corrected chi connectivity index (χ1v) is 17.1. The fourth-order valence-electron chi connectivity index (χ4n) is 7.56. The van der Waals surface area contributed by atoms with Crippen molar-refractivity contribution >= 4 is 12.4 Å². The second kappa shape index (κ2) is 14.0. The van der Waals surface area contributed by atoms with Gasteiger partial charge in [0.05, 0.1) is 12.1 Å². The second-order valence-electron chi connectivity index (χ2n) is 14.4. The van der Waals surface area contributed by atoms with Gasteiger partial charge in [-0.05, 0) is 126 Å². The third-order valence-electron chi connectivity index (χ3n) is 9.68. The summed E-state index contributed by atoms with van der Waals surface area (Å²) < 4.78 is 13.9. The minimum Gasteiger partial charge on any atom is -0.487 e. The zero-order chi connectivity index (χ0) is 31.4. The molecule has 1 heterocycles. The van der Waals surface area contributed by atoms with Crippen molar-refractivity contribution in [3.8, 4) is 11.5 Å². The number of hydrogen-bond donors (Lipinski definition) is 0. The van der Waals surface area contributed by atoms with E-state index in [9.17, 15) is 0 Å². The van der Waals surface area contributed by atoms with E-state index in [2.05, 4.69) is 106 Å². The third-order valence-corrected chi connectivity index (χ3v) is 9.68. The first-order valence-electron chi connectivity index (χ1n) is 17.1. The van der Waals surface area contributed by atoms with Gasteiger partial charge in [-0.3, -0.25) is 9.98 Å². The Balaban J connectivity index is 1.87. The largest absolute Gasteiger partial charge is 0.487 e. The van der Waals surface area contributed by atoms with Crippen molar-refractivity contribution in [3.63, 3.8) is 0 Å². The van der Waals surface area contributed by atoms with Gasteiger partial charge in [-0.2, -0.15) is 0 Å². The molecular formula is C39H58N2O2. The highest BCUT2D eigenvalue weighted by Gasteiger charge is 2.35. The monoisotopic (exact) mass is 586 g/mol. The van der Waals surface area contributed by atoms with Gasteiger partial charge in [-0.25, -0.2) is 0 Å². The van der Waals surface area contributed by atoms with Gasteiger partial charge in [0.2, 0.25) is 0 Å². The molecule has 236 valence electrons. The van der Waals surface area contributed by atoms with Crippen molar-refractivity contribution in [2.75, 3.05) is 0 Å². The van der Waals surface area contributed by atoms with Gasteiger partial charge in [0.15, 0.2) is 0 Å². The summed E-state index contributed by atoms with van der Waals surface area (Å²) in [7, 11) is 0. The van der Waals surface area contributed by atoms with E-state index in [1.54, 1.807) is 0 Å². The maximum atomic E-state index is 6.96. The summed E-state index contributed by atoms with van der Waals surface area (Å²) in [5.74, 6) is 2.95. The summed E-state index contributed by atoms with van der Waals surface area (Å²) in [6.07, 6.45) is 14.0. The molecule has 43 heavy (non-hydrogen) atoms. The zero-order valence-electron chi connectivity index (χ0n) is 28.8. The topological polar surface area (TPSA) is 43.2 Å². The number of rotatable bonds is 6. The molecule has 4 heteroatoms. The summed E-state index contributed by atoms with van der Waals surface area (Å²) in [5.41, 5.74) is 6.38. The standard InChI is InChI=1S/C39H58N2O2/c1-11-28(12-2)30-19-26(5)36-32(21-30)23-40-34-17-15-16-18-35(34)41-24-33-22-31(29(13-3)14-4)20-27(6)37(33)43-39(9,10)25-38(7,8)42-36/h19-24,28-29,34-35H,11-18,25H2,1-10H3.